The van der Waals surface area contributed by atoms with Crippen LogP contribution >= 0.6 is 0 Å². The SMILES string of the molecule is COCCC(O[Si](C)(C)C(C)(C)C)c1ccc(N)cn1. The molecule has 0 radical (unpaired) electrons. The van der Waals surface area contributed by atoms with E-state index < -0.39 is 8.32 Å². The van der Waals surface area contributed by atoms with Crippen molar-refractivity contribution in [2.75, 3.05) is 19.5 Å². The van der Waals surface area contributed by atoms with Crippen molar-refractivity contribution < 1.29 is 9.16 Å². The highest BCUT2D eigenvalue weighted by Crippen LogP contribution is 2.40. The van der Waals surface area contributed by atoms with Gasteiger partial charge in [-0.1, -0.05) is 20.8 Å². The molecule has 0 saturated heterocycles. The van der Waals surface area contributed by atoms with Crippen molar-refractivity contribution in [2.45, 2.75) is 51.4 Å². The molecule has 0 bridgehead atoms. The van der Waals surface area contributed by atoms with Crippen LogP contribution in [0.15, 0.2) is 18.3 Å². The standard InChI is InChI=1S/C15H28N2O2Si/c1-15(2,3)20(5,6)19-14(9-10-18-4)13-8-7-12(16)11-17-13/h7-8,11,14H,9-10,16H2,1-6H3. The molecule has 0 spiro atoms. The van der Waals surface area contributed by atoms with Gasteiger partial charge in [0, 0.05) is 20.1 Å². The van der Waals surface area contributed by atoms with Crippen molar-refractivity contribution >= 4 is 14.0 Å². The summed E-state index contributed by atoms with van der Waals surface area (Å²) in [7, 11) is -0.133. The lowest BCUT2D eigenvalue weighted by molar-refractivity contribution is 0.113. The second-order valence-electron chi connectivity index (χ2n) is 6.66. The smallest absolute Gasteiger partial charge is 0.192 e. The zero-order valence-electron chi connectivity index (χ0n) is 13.6. The van der Waals surface area contributed by atoms with E-state index in [1.54, 1.807) is 13.3 Å². The minimum Gasteiger partial charge on any atom is -0.408 e. The van der Waals surface area contributed by atoms with Crippen LogP contribution in [0.1, 0.15) is 39.0 Å². The molecule has 1 atom stereocenters. The van der Waals surface area contributed by atoms with Gasteiger partial charge in [0.1, 0.15) is 0 Å². The van der Waals surface area contributed by atoms with E-state index in [0.717, 1.165) is 12.1 Å². The molecule has 0 aliphatic carbocycles. The summed E-state index contributed by atoms with van der Waals surface area (Å²) in [5, 5.41) is 0.173. The Labute approximate surface area is 123 Å². The van der Waals surface area contributed by atoms with Gasteiger partial charge in [-0.2, -0.15) is 0 Å². The van der Waals surface area contributed by atoms with Crippen LogP contribution in [0.4, 0.5) is 5.69 Å². The third-order valence-corrected chi connectivity index (χ3v) is 8.45. The number of hydrogen-bond acceptors (Lipinski definition) is 4. The number of rotatable bonds is 6. The number of anilines is 1. The minimum absolute atomic E-state index is 0.0311. The molecule has 0 fully saturated rings. The monoisotopic (exact) mass is 296 g/mol. The Morgan fingerprint density at radius 3 is 2.40 bits per heavy atom. The van der Waals surface area contributed by atoms with Crippen molar-refractivity contribution in [2.24, 2.45) is 0 Å². The fourth-order valence-corrected chi connectivity index (χ4v) is 2.94. The van der Waals surface area contributed by atoms with E-state index >= 15 is 0 Å². The van der Waals surface area contributed by atoms with Gasteiger partial charge in [0.15, 0.2) is 8.32 Å². The Morgan fingerprint density at radius 2 is 1.95 bits per heavy atom. The van der Waals surface area contributed by atoms with Crippen LogP contribution in [0, 0.1) is 0 Å². The molecule has 1 heterocycles. The number of nitrogen functional groups attached to an aromatic ring is 1. The van der Waals surface area contributed by atoms with Crippen molar-refractivity contribution in [3.05, 3.63) is 24.0 Å². The second-order valence-corrected chi connectivity index (χ2v) is 11.4. The molecule has 1 unspecified atom stereocenters. The molecule has 0 saturated carbocycles. The second kappa shape index (κ2) is 6.69. The summed E-state index contributed by atoms with van der Waals surface area (Å²) >= 11 is 0. The molecule has 0 aliphatic heterocycles. The van der Waals surface area contributed by atoms with Gasteiger partial charge < -0.3 is 14.9 Å². The summed E-state index contributed by atoms with van der Waals surface area (Å²) in [6, 6.07) is 3.82. The van der Waals surface area contributed by atoms with Gasteiger partial charge in [-0.3, -0.25) is 4.98 Å². The van der Waals surface area contributed by atoms with E-state index in [0.29, 0.717) is 12.3 Å². The average Bonchev–Trinajstić information content (AvgIpc) is 2.34. The van der Waals surface area contributed by atoms with E-state index in [4.69, 9.17) is 14.9 Å². The van der Waals surface area contributed by atoms with E-state index in [1.807, 2.05) is 12.1 Å². The van der Waals surface area contributed by atoms with Crippen LogP contribution < -0.4 is 5.73 Å². The van der Waals surface area contributed by atoms with Crippen LogP contribution in [0.5, 0.6) is 0 Å². The lowest BCUT2D eigenvalue weighted by atomic mass is 10.2. The maximum Gasteiger partial charge on any atom is 0.192 e. The molecular formula is C15H28N2O2Si. The molecule has 1 aromatic rings. The molecule has 20 heavy (non-hydrogen) atoms. The van der Waals surface area contributed by atoms with Crippen LogP contribution in [-0.4, -0.2) is 27.0 Å². The highest BCUT2D eigenvalue weighted by Gasteiger charge is 2.39. The van der Waals surface area contributed by atoms with Gasteiger partial charge in [-0.25, -0.2) is 0 Å². The highest BCUT2D eigenvalue weighted by molar-refractivity contribution is 6.74. The van der Waals surface area contributed by atoms with Crippen molar-refractivity contribution in [3.8, 4) is 0 Å². The molecule has 1 aromatic heterocycles. The molecule has 0 aliphatic rings. The van der Waals surface area contributed by atoms with Gasteiger partial charge in [0.25, 0.3) is 0 Å². The predicted octanol–water partition coefficient (Wildman–Crippen LogP) is 3.76. The Balaban J connectivity index is 2.92. The molecular weight excluding hydrogens is 268 g/mol. The topological polar surface area (TPSA) is 57.4 Å². The van der Waals surface area contributed by atoms with Crippen molar-refractivity contribution in [1.29, 1.82) is 0 Å². The van der Waals surface area contributed by atoms with E-state index in [9.17, 15) is 0 Å². The largest absolute Gasteiger partial charge is 0.408 e. The zero-order chi connectivity index (χ0) is 15.4. The number of nitrogens with zero attached hydrogens (tertiary/aromatic N) is 1. The van der Waals surface area contributed by atoms with E-state index in [2.05, 4.69) is 38.8 Å². The first kappa shape index (κ1) is 17.1. The number of ether oxygens (including phenoxy) is 1. The Hall–Kier alpha value is -0.913. The third kappa shape index (κ3) is 4.58. The molecule has 114 valence electrons. The lowest BCUT2D eigenvalue weighted by Gasteiger charge is -2.39. The normalized spacial score (nSPS) is 14.3. The molecule has 1 rings (SSSR count). The van der Waals surface area contributed by atoms with Crippen LogP contribution in [0.2, 0.25) is 18.1 Å². The molecule has 2 N–H and O–H groups in total. The number of methoxy groups -OCH3 is 1. The summed E-state index contributed by atoms with van der Waals surface area (Å²) in [6.45, 7) is 11.9. The van der Waals surface area contributed by atoms with Gasteiger partial charge in [-0.05, 0) is 30.3 Å². The molecule has 5 heteroatoms. The number of hydrogen-bond donors (Lipinski definition) is 1. The van der Waals surface area contributed by atoms with Gasteiger partial charge in [-0.15, -0.1) is 0 Å². The first-order valence-corrected chi connectivity index (χ1v) is 9.96. The highest BCUT2D eigenvalue weighted by atomic mass is 28.4. The summed E-state index contributed by atoms with van der Waals surface area (Å²) in [5.74, 6) is 0. The van der Waals surface area contributed by atoms with Crippen molar-refractivity contribution in [3.63, 3.8) is 0 Å². The number of aromatic nitrogens is 1. The first-order chi connectivity index (χ1) is 9.17. The number of nitrogens with two attached hydrogens (primary N) is 1. The predicted molar refractivity (Wildman–Crippen MR) is 86.2 cm³/mol. The Kier molecular flexibility index (Phi) is 5.74. The van der Waals surface area contributed by atoms with Gasteiger partial charge in [0.2, 0.25) is 0 Å². The summed E-state index contributed by atoms with van der Waals surface area (Å²) < 4.78 is 11.7. The number of pyridine rings is 1. The first-order valence-electron chi connectivity index (χ1n) is 7.05. The Bertz CT molecular complexity index is 413. The molecule has 0 amide bonds. The summed E-state index contributed by atoms with van der Waals surface area (Å²) in [5.41, 5.74) is 7.31. The average molecular weight is 296 g/mol. The van der Waals surface area contributed by atoms with Gasteiger partial charge in [0.05, 0.1) is 23.7 Å². The van der Waals surface area contributed by atoms with E-state index in [-0.39, 0.29) is 11.1 Å². The Morgan fingerprint density at radius 1 is 1.30 bits per heavy atom. The zero-order valence-corrected chi connectivity index (χ0v) is 14.6. The fraction of sp³-hybridized carbons (Fsp3) is 0.667. The molecule has 0 aromatic carbocycles. The minimum atomic E-state index is -1.84. The summed E-state index contributed by atoms with van der Waals surface area (Å²) in [6.07, 6.45) is 2.46. The maximum atomic E-state index is 6.49. The van der Waals surface area contributed by atoms with E-state index in [1.165, 1.54) is 0 Å². The quantitative estimate of drug-likeness (QED) is 0.812. The third-order valence-electron chi connectivity index (χ3n) is 3.97. The lowest BCUT2D eigenvalue weighted by Crippen LogP contribution is -2.42. The summed E-state index contributed by atoms with van der Waals surface area (Å²) in [4.78, 5) is 4.41. The van der Waals surface area contributed by atoms with Crippen LogP contribution in [0.3, 0.4) is 0 Å². The van der Waals surface area contributed by atoms with Gasteiger partial charge >= 0.3 is 0 Å². The van der Waals surface area contributed by atoms with Crippen LogP contribution in [0.25, 0.3) is 0 Å². The fourth-order valence-electron chi connectivity index (χ4n) is 1.63. The van der Waals surface area contributed by atoms with Crippen molar-refractivity contribution in [1.82, 2.24) is 4.98 Å². The van der Waals surface area contributed by atoms with Crippen LogP contribution in [-0.2, 0) is 9.16 Å². The molecule has 4 nitrogen and oxygen atoms in total. The maximum absolute atomic E-state index is 6.49.